The van der Waals surface area contributed by atoms with Gasteiger partial charge in [0, 0.05) is 23.9 Å². The third kappa shape index (κ3) is 2.33. The Morgan fingerprint density at radius 3 is 2.35 bits per heavy atom. The van der Waals surface area contributed by atoms with E-state index in [2.05, 4.69) is 39.5 Å². The zero-order valence-corrected chi connectivity index (χ0v) is 11.9. The molecular formula is C14H25NO2. The van der Waals surface area contributed by atoms with Gasteiger partial charge in [0.25, 0.3) is 0 Å². The summed E-state index contributed by atoms with van der Waals surface area (Å²) in [5, 5.41) is 8.97. The molecule has 0 saturated carbocycles. The van der Waals surface area contributed by atoms with Gasteiger partial charge in [-0.2, -0.15) is 0 Å². The first-order chi connectivity index (χ1) is 7.60. The zero-order chi connectivity index (χ0) is 13.4. The van der Waals surface area contributed by atoms with Gasteiger partial charge in [-0.05, 0) is 38.5 Å². The molecule has 0 aromatic carbocycles. The van der Waals surface area contributed by atoms with Crippen molar-refractivity contribution in [1.82, 2.24) is 4.90 Å². The number of carbonyl (C=O) groups is 1. The molecule has 0 aromatic heterocycles. The number of hydrogen-bond acceptors (Lipinski definition) is 2. The molecule has 0 bridgehead atoms. The van der Waals surface area contributed by atoms with E-state index in [0.29, 0.717) is 11.5 Å². The molecule has 3 heteroatoms. The minimum Gasteiger partial charge on any atom is -0.478 e. The number of rotatable bonds is 2. The van der Waals surface area contributed by atoms with Gasteiger partial charge in [-0.25, -0.2) is 4.79 Å². The van der Waals surface area contributed by atoms with E-state index in [1.54, 1.807) is 13.1 Å². The van der Waals surface area contributed by atoms with Crippen LogP contribution in [0.2, 0.25) is 0 Å². The number of hydrogen-bond donors (Lipinski definition) is 1. The van der Waals surface area contributed by atoms with E-state index < -0.39 is 5.97 Å². The Kier molecular flexibility index (Phi) is 3.60. The summed E-state index contributed by atoms with van der Waals surface area (Å²) in [6, 6.07) is 0. The van der Waals surface area contributed by atoms with Crippen LogP contribution in [0.25, 0.3) is 0 Å². The second-order valence-corrected chi connectivity index (χ2v) is 6.28. The lowest BCUT2D eigenvalue weighted by Crippen LogP contribution is -2.58. The highest BCUT2D eigenvalue weighted by Gasteiger charge is 2.47. The fourth-order valence-corrected chi connectivity index (χ4v) is 2.46. The van der Waals surface area contributed by atoms with Crippen molar-refractivity contribution in [3.8, 4) is 0 Å². The van der Waals surface area contributed by atoms with Crippen LogP contribution in [0.3, 0.4) is 0 Å². The van der Waals surface area contributed by atoms with E-state index in [1.807, 2.05) is 0 Å². The number of likely N-dealkylation sites (tertiary alicyclic amines) is 1. The van der Waals surface area contributed by atoms with E-state index >= 15 is 0 Å². The van der Waals surface area contributed by atoms with Crippen LogP contribution in [0.1, 0.15) is 48.0 Å². The lowest BCUT2D eigenvalue weighted by Gasteiger charge is -2.56. The first-order valence-corrected chi connectivity index (χ1v) is 6.29. The van der Waals surface area contributed by atoms with Crippen LogP contribution in [-0.2, 0) is 4.79 Å². The number of piperidine rings is 1. The van der Waals surface area contributed by atoms with E-state index in [-0.39, 0.29) is 11.0 Å². The third-order valence-electron chi connectivity index (χ3n) is 5.02. The maximum absolute atomic E-state index is 10.9. The third-order valence-corrected chi connectivity index (χ3v) is 5.02. The molecule has 0 radical (unpaired) electrons. The van der Waals surface area contributed by atoms with E-state index in [4.69, 9.17) is 5.11 Å². The van der Waals surface area contributed by atoms with Crippen LogP contribution in [0.5, 0.6) is 0 Å². The topological polar surface area (TPSA) is 40.5 Å². The summed E-state index contributed by atoms with van der Waals surface area (Å²) in [6.45, 7) is 13.8. The summed E-state index contributed by atoms with van der Waals surface area (Å²) in [7, 11) is 0. The van der Waals surface area contributed by atoms with Gasteiger partial charge in [0.15, 0.2) is 0 Å². The number of carboxylic acid groups (broad SMARTS) is 1. The quantitative estimate of drug-likeness (QED) is 0.753. The van der Waals surface area contributed by atoms with Crippen molar-refractivity contribution in [2.24, 2.45) is 11.3 Å². The minimum atomic E-state index is -0.836. The summed E-state index contributed by atoms with van der Waals surface area (Å²) < 4.78 is 0. The predicted octanol–water partition coefficient (Wildman–Crippen LogP) is 3.12. The molecule has 1 aliphatic heterocycles. The molecular weight excluding hydrogens is 214 g/mol. The van der Waals surface area contributed by atoms with Crippen LogP contribution in [-0.4, -0.2) is 28.1 Å². The van der Waals surface area contributed by atoms with Crippen LogP contribution in [0.15, 0.2) is 11.8 Å². The Morgan fingerprint density at radius 1 is 1.35 bits per heavy atom. The maximum Gasteiger partial charge on any atom is 0.332 e. The van der Waals surface area contributed by atoms with E-state index in [0.717, 1.165) is 13.0 Å². The number of nitrogens with zero attached hydrogens (tertiary/aromatic N) is 1. The monoisotopic (exact) mass is 239 g/mol. The van der Waals surface area contributed by atoms with E-state index in [1.165, 1.54) is 0 Å². The molecule has 1 heterocycles. The Labute approximate surface area is 105 Å². The van der Waals surface area contributed by atoms with Gasteiger partial charge in [0.1, 0.15) is 0 Å². The summed E-state index contributed by atoms with van der Waals surface area (Å²) >= 11 is 0. The molecule has 0 spiro atoms. The number of carboxylic acids is 1. The first kappa shape index (κ1) is 14.1. The molecule has 0 aromatic rings. The smallest absolute Gasteiger partial charge is 0.332 e. The van der Waals surface area contributed by atoms with Crippen molar-refractivity contribution in [2.75, 3.05) is 6.54 Å². The second-order valence-electron chi connectivity index (χ2n) is 6.28. The summed E-state index contributed by atoms with van der Waals surface area (Å²) in [4.78, 5) is 13.1. The zero-order valence-electron chi connectivity index (χ0n) is 11.9. The lowest BCUT2D eigenvalue weighted by atomic mass is 9.62. The van der Waals surface area contributed by atoms with Gasteiger partial charge < -0.3 is 10.0 Å². The summed E-state index contributed by atoms with van der Waals surface area (Å²) in [6.07, 6.45) is 2.91. The molecule has 0 aliphatic carbocycles. The van der Waals surface area contributed by atoms with Gasteiger partial charge in [0.2, 0.25) is 0 Å². The van der Waals surface area contributed by atoms with Crippen molar-refractivity contribution in [3.05, 3.63) is 11.8 Å². The van der Waals surface area contributed by atoms with Crippen LogP contribution in [0.4, 0.5) is 0 Å². The van der Waals surface area contributed by atoms with E-state index in [9.17, 15) is 4.79 Å². The standard InChI is InChI=1S/C14H25NO2/c1-10(12(16)17)9-15-8-7-11(2)13(3,4)14(15,5)6/h9,11H,7-8H2,1-6H3,(H,16,17)/b10-9+. The Morgan fingerprint density at radius 2 is 1.88 bits per heavy atom. The highest BCUT2D eigenvalue weighted by Crippen LogP contribution is 2.47. The van der Waals surface area contributed by atoms with Gasteiger partial charge in [0.05, 0.1) is 0 Å². The normalized spacial score (nSPS) is 28.0. The summed E-state index contributed by atoms with van der Waals surface area (Å²) in [5.74, 6) is -0.190. The Bertz CT molecular complexity index is 342. The largest absolute Gasteiger partial charge is 0.478 e. The minimum absolute atomic E-state index is 0.0264. The molecule has 1 fully saturated rings. The SMILES string of the molecule is C/C(=C\N1CCC(C)C(C)(C)C1(C)C)C(=O)O. The molecule has 1 unspecified atom stereocenters. The average molecular weight is 239 g/mol. The first-order valence-electron chi connectivity index (χ1n) is 6.29. The molecule has 1 rings (SSSR count). The molecule has 1 aliphatic rings. The maximum atomic E-state index is 10.9. The van der Waals surface area contributed by atoms with Crippen LogP contribution in [0, 0.1) is 11.3 Å². The van der Waals surface area contributed by atoms with Crippen LogP contribution < -0.4 is 0 Å². The molecule has 0 amide bonds. The molecule has 17 heavy (non-hydrogen) atoms. The molecule has 1 N–H and O–H groups in total. The fourth-order valence-electron chi connectivity index (χ4n) is 2.46. The highest BCUT2D eigenvalue weighted by molar-refractivity contribution is 5.85. The molecule has 1 atom stereocenters. The molecule has 1 saturated heterocycles. The van der Waals surface area contributed by atoms with Crippen molar-refractivity contribution < 1.29 is 9.90 Å². The predicted molar refractivity (Wildman–Crippen MR) is 69.7 cm³/mol. The van der Waals surface area contributed by atoms with Gasteiger partial charge >= 0.3 is 5.97 Å². The van der Waals surface area contributed by atoms with Crippen LogP contribution >= 0.6 is 0 Å². The van der Waals surface area contributed by atoms with Crippen molar-refractivity contribution in [3.63, 3.8) is 0 Å². The van der Waals surface area contributed by atoms with Crippen molar-refractivity contribution >= 4 is 5.97 Å². The molecule has 3 nitrogen and oxygen atoms in total. The van der Waals surface area contributed by atoms with Gasteiger partial charge in [-0.15, -0.1) is 0 Å². The lowest BCUT2D eigenvalue weighted by molar-refractivity contribution is -0.132. The Balaban J connectivity index is 3.04. The van der Waals surface area contributed by atoms with Crippen molar-refractivity contribution in [1.29, 1.82) is 0 Å². The highest BCUT2D eigenvalue weighted by atomic mass is 16.4. The number of aliphatic carboxylic acids is 1. The van der Waals surface area contributed by atoms with Gasteiger partial charge in [-0.3, -0.25) is 0 Å². The average Bonchev–Trinajstić information content (AvgIpc) is 2.20. The molecule has 98 valence electrons. The second kappa shape index (κ2) is 4.35. The van der Waals surface area contributed by atoms with Gasteiger partial charge in [-0.1, -0.05) is 20.8 Å². The fraction of sp³-hybridized carbons (Fsp3) is 0.786. The van der Waals surface area contributed by atoms with Crippen molar-refractivity contribution in [2.45, 2.75) is 53.5 Å². The summed E-state index contributed by atoms with van der Waals surface area (Å²) in [5.41, 5.74) is 0.547. The Hall–Kier alpha value is -0.990.